The molecule has 1 spiro atoms. The third kappa shape index (κ3) is 4.95. The first-order chi connectivity index (χ1) is 34.1. The first kappa shape index (κ1) is 38.0. The number of hydrogen-bond donors (Lipinski definition) is 0. The number of hydrogen-bond acceptors (Lipinski definition) is 4. The van der Waals surface area contributed by atoms with Gasteiger partial charge in [0.2, 0.25) is 0 Å². The highest BCUT2D eigenvalue weighted by molar-refractivity contribution is 7.99. The van der Waals surface area contributed by atoms with E-state index in [2.05, 4.69) is 188 Å². The van der Waals surface area contributed by atoms with Crippen LogP contribution in [0.25, 0.3) is 98.7 Å². The predicted octanol–water partition coefficient (Wildman–Crippen LogP) is 15.0. The van der Waals surface area contributed by atoms with Gasteiger partial charge >= 0.3 is 0 Å². The third-order valence-corrected chi connectivity index (χ3v) is 15.7. The molecular formula is C61H33N7S. The van der Waals surface area contributed by atoms with E-state index in [1.165, 1.54) is 10.8 Å². The van der Waals surface area contributed by atoms with Crippen LogP contribution in [-0.4, -0.2) is 23.7 Å². The highest BCUT2D eigenvalue weighted by atomic mass is 32.2. The zero-order chi connectivity index (χ0) is 45.5. The molecule has 6 heterocycles. The van der Waals surface area contributed by atoms with Gasteiger partial charge in [0.05, 0.1) is 85.7 Å². The molecule has 5 aromatic heterocycles. The summed E-state index contributed by atoms with van der Waals surface area (Å²) < 4.78 is 7.10. The van der Waals surface area contributed by atoms with E-state index in [1.54, 1.807) is 0 Å². The molecule has 0 saturated heterocycles. The second-order valence-electron chi connectivity index (χ2n) is 17.9. The maximum absolute atomic E-state index is 9.99. The van der Waals surface area contributed by atoms with Gasteiger partial charge in [-0.2, -0.15) is 5.26 Å². The summed E-state index contributed by atoms with van der Waals surface area (Å²) in [5.41, 5.74) is 16.0. The molecular weight excluding hydrogens is 863 g/mol. The van der Waals surface area contributed by atoms with Crippen molar-refractivity contribution in [1.29, 1.82) is 5.26 Å². The lowest BCUT2D eigenvalue weighted by Crippen LogP contribution is -2.33. The largest absolute Gasteiger partial charge is 0.309 e. The van der Waals surface area contributed by atoms with E-state index in [0.717, 1.165) is 115 Å². The van der Waals surface area contributed by atoms with Gasteiger partial charge in [-0.15, -0.1) is 0 Å². The van der Waals surface area contributed by atoms with Crippen molar-refractivity contribution in [3.63, 3.8) is 0 Å². The molecule has 1 aliphatic heterocycles. The molecule has 1 aliphatic carbocycles. The van der Waals surface area contributed by atoms with Gasteiger partial charge in [-0.25, -0.2) is 4.85 Å². The zero-order valence-electron chi connectivity index (χ0n) is 36.6. The highest BCUT2D eigenvalue weighted by Crippen LogP contribution is 2.63. The number of benzene rings is 8. The van der Waals surface area contributed by atoms with E-state index in [9.17, 15) is 5.26 Å². The number of pyridine rings is 2. The molecule has 1 unspecified atom stereocenters. The Morgan fingerprint density at radius 2 is 1.09 bits per heavy atom. The first-order valence-electron chi connectivity index (χ1n) is 22.9. The first-order valence-corrected chi connectivity index (χ1v) is 23.7. The molecule has 0 N–H and O–H groups in total. The number of nitrogens with zero attached hydrogens (tertiary/aromatic N) is 7. The number of nitriles is 1. The standard InChI is InChI=1S/C61H33N7S/c1-63-37-24-28-54-45(31-37)43-15-5-9-20-52(43)68(54)55-21-10-22-56-58(55)61(46-26-25-38(33-57(46)69-56)66-49-17-6-2-12-40(49)41-13-3-7-18-50(41)66)47-16-11-29-64-59(47)60-48(61)32-39(35-65-60)67-51-19-8-4-14-42(51)44-30-36(34-62)23-27-53(44)67/h2-33,35H. The summed E-state index contributed by atoms with van der Waals surface area (Å²) in [6, 6.07) is 69.1. The maximum Gasteiger partial charge on any atom is 0.188 e. The molecule has 318 valence electrons. The van der Waals surface area contributed by atoms with Crippen LogP contribution in [0.1, 0.15) is 27.8 Å². The molecule has 8 heteroatoms. The van der Waals surface area contributed by atoms with Crippen molar-refractivity contribution in [3.05, 3.63) is 240 Å². The van der Waals surface area contributed by atoms with Gasteiger partial charge < -0.3 is 13.7 Å². The van der Waals surface area contributed by atoms with Crippen molar-refractivity contribution >= 4 is 82.9 Å². The number of aromatic nitrogens is 5. The van der Waals surface area contributed by atoms with Crippen LogP contribution in [0.5, 0.6) is 0 Å². The summed E-state index contributed by atoms with van der Waals surface area (Å²) in [6.07, 6.45) is 3.87. The fraction of sp³-hybridized carbons (Fsp3) is 0.0164. The number of fused-ring (bicyclic) bond motifs is 18. The van der Waals surface area contributed by atoms with Crippen LogP contribution in [0.4, 0.5) is 5.69 Å². The molecule has 8 aromatic carbocycles. The molecule has 1 atom stereocenters. The van der Waals surface area contributed by atoms with Crippen molar-refractivity contribution in [2.75, 3.05) is 0 Å². The Morgan fingerprint density at radius 1 is 0.478 bits per heavy atom. The summed E-state index contributed by atoms with van der Waals surface area (Å²) in [6.45, 7) is 7.94. The minimum absolute atomic E-state index is 0.609. The molecule has 0 saturated carbocycles. The topological polar surface area (TPSA) is 68.7 Å². The Morgan fingerprint density at radius 3 is 1.80 bits per heavy atom. The fourth-order valence-electron chi connectivity index (χ4n) is 11.9. The van der Waals surface area contributed by atoms with Gasteiger partial charge in [-0.1, -0.05) is 109 Å². The third-order valence-electron chi connectivity index (χ3n) is 14.6. The van der Waals surface area contributed by atoms with Crippen LogP contribution >= 0.6 is 11.8 Å². The Bertz CT molecular complexity index is 4470. The van der Waals surface area contributed by atoms with Crippen LogP contribution in [-0.2, 0) is 5.41 Å². The normalized spacial score (nSPS) is 14.6. The molecule has 15 rings (SSSR count). The van der Waals surface area contributed by atoms with Crippen LogP contribution in [0.3, 0.4) is 0 Å². The SMILES string of the molecule is [C-]#[N+]c1ccc2c(c1)c1ccccc1n2-c1cccc2c1C1(c3ccc(-n4c5ccccc5c5ccccc54)cc3S2)c2cccnc2-c2ncc(-n3c4ccccc4c4cc(C#N)ccc43)cc21. The van der Waals surface area contributed by atoms with Crippen molar-refractivity contribution in [3.8, 4) is 34.5 Å². The van der Waals surface area contributed by atoms with Crippen molar-refractivity contribution in [1.82, 2.24) is 23.7 Å². The molecule has 7 nitrogen and oxygen atoms in total. The van der Waals surface area contributed by atoms with E-state index in [-0.39, 0.29) is 0 Å². The van der Waals surface area contributed by atoms with E-state index >= 15 is 0 Å². The van der Waals surface area contributed by atoms with Crippen molar-refractivity contribution < 1.29 is 0 Å². The second-order valence-corrected chi connectivity index (χ2v) is 19.0. The zero-order valence-corrected chi connectivity index (χ0v) is 37.4. The Kier molecular flexibility index (Phi) is 7.65. The molecule has 0 amide bonds. The Balaban J connectivity index is 1.08. The molecule has 2 aliphatic rings. The summed E-state index contributed by atoms with van der Waals surface area (Å²) in [4.78, 5) is 16.8. The minimum Gasteiger partial charge on any atom is -0.309 e. The van der Waals surface area contributed by atoms with Crippen LogP contribution in [0, 0.1) is 17.9 Å². The number of para-hydroxylation sites is 4. The van der Waals surface area contributed by atoms with E-state index < -0.39 is 5.41 Å². The van der Waals surface area contributed by atoms with Crippen LogP contribution < -0.4 is 0 Å². The molecule has 13 aromatic rings. The smallest absolute Gasteiger partial charge is 0.188 e. The van der Waals surface area contributed by atoms with Gasteiger partial charge in [-0.05, 0) is 108 Å². The lowest BCUT2D eigenvalue weighted by molar-refractivity contribution is 0.711. The molecule has 69 heavy (non-hydrogen) atoms. The monoisotopic (exact) mass is 895 g/mol. The minimum atomic E-state index is -0.894. The lowest BCUT2D eigenvalue weighted by atomic mass is 9.67. The summed E-state index contributed by atoms with van der Waals surface area (Å²) >= 11 is 1.81. The Labute approximate surface area is 399 Å². The van der Waals surface area contributed by atoms with Gasteiger partial charge in [0.25, 0.3) is 0 Å². The van der Waals surface area contributed by atoms with Gasteiger partial charge in [0.1, 0.15) is 0 Å². The summed E-state index contributed by atoms with van der Waals surface area (Å²) in [7, 11) is 0. The predicted molar refractivity (Wildman–Crippen MR) is 277 cm³/mol. The highest BCUT2D eigenvalue weighted by Gasteiger charge is 2.53. The number of rotatable bonds is 3. The van der Waals surface area contributed by atoms with E-state index in [1.807, 2.05) is 48.4 Å². The van der Waals surface area contributed by atoms with Gasteiger partial charge in [0.15, 0.2) is 5.69 Å². The van der Waals surface area contributed by atoms with Crippen LogP contribution in [0.15, 0.2) is 210 Å². The van der Waals surface area contributed by atoms with E-state index in [0.29, 0.717) is 11.3 Å². The molecule has 0 radical (unpaired) electrons. The maximum atomic E-state index is 9.99. The van der Waals surface area contributed by atoms with Crippen molar-refractivity contribution in [2.45, 2.75) is 15.2 Å². The summed E-state index contributed by atoms with van der Waals surface area (Å²) in [5, 5.41) is 16.6. The molecule has 0 bridgehead atoms. The Hall–Kier alpha value is -9.21. The summed E-state index contributed by atoms with van der Waals surface area (Å²) in [5.74, 6) is 0. The lowest BCUT2D eigenvalue weighted by Gasteiger charge is -2.41. The van der Waals surface area contributed by atoms with Gasteiger partial charge in [-0.3, -0.25) is 9.97 Å². The quantitative estimate of drug-likeness (QED) is 0.166. The van der Waals surface area contributed by atoms with Crippen molar-refractivity contribution in [2.24, 2.45) is 0 Å². The van der Waals surface area contributed by atoms with E-state index in [4.69, 9.17) is 16.5 Å². The average molecular weight is 896 g/mol. The average Bonchev–Trinajstić information content (AvgIpc) is 4.12. The van der Waals surface area contributed by atoms with Gasteiger partial charge in [0, 0.05) is 59.7 Å². The second kappa shape index (κ2) is 13.9. The fourth-order valence-corrected chi connectivity index (χ4v) is 13.2. The van der Waals surface area contributed by atoms with Crippen LogP contribution in [0.2, 0.25) is 0 Å². The molecule has 0 fully saturated rings.